The number of anilines is 1. The first-order valence-corrected chi connectivity index (χ1v) is 11.9. The van der Waals surface area contributed by atoms with Gasteiger partial charge in [-0.25, -0.2) is 9.18 Å². The van der Waals surface area contributed by atoms with Crippen LogP contribution in [0.4, 0.5) is 10.1 Å². The number of fused-ring (bicyclic) bond motifs is 1. The molecule has 1 aliphatic heterocycles. The van der Waals surface area contributed by atoms with Crippen molar-refractivity contribution >= 4 is 40.4 Å². The van der Waals surface area contributed by atoms with Gasteiger partial charge in [0.15, 0.2) is 0 Å². The van der Waals surface area contributed by atoms with E-state index in [0.717, 1.165) is 43.7 Å². The van der Waals surface area contributed by atoms with Crippen molar-refractivity contribution in [2.24, 2.45) is 4.99 Å². The van der Waals surface area contributed by atoms with Crippen LogP contribution in [0.1, 0.15) is 54.1 Å². The molecule has 6 nitrogen and oxygen atoms in total. The van der Waals surface area contributed by atoms with Crippen molar-refractivity contribution in [1.82, 2.24) is 4.57 Å². The summed E-state index contributed by atoms with van der Waals surface area (Å²) in [5, 5.41) is 9.64. The quantitative estimate of drug-likeness (QED) is 0.501. The highest BCUT2D eigenvalue weighted by molar-refractivity contribution is 6.38. The molecule has 1 atom stereocenters. The second kappa shape index (κ2) is 9.22. The number of aromatic nitrogens is 1. The Labute approximate surface area is 201 Å². The van der Waals surface area contributed by atoms with Gasteiger partial charge in [0.05, 0.1) is 27.7 Å². The SMILES string of the molecule is O=C(O)c1cn(C2CC2)c2c(Cl)c(N3CCCCC(N=Cc4ccccc4)C3)c(F)cc2c1=O. The summed E-state index contributed by atoms with van der Waals surface area (Å²) in [4.78, 5) is 31.1. The molecule has 1 saturated heterocycles. The highest BCUT2D eigenvalue weighted by Crippen LogP contribution is 2.42. The van der Waals surface area contributed by atoms with E-state index in [1.807, 2.05) is 41.4 Å². The number of halogens is 2. The maximum absolute atomic E-state index is 15.5. The van der Waals surface area contributed by atoms with Crippen LogP contribution in [0.15, 0.2) is 52.4 Å². The van der Waals surface area contributed by atoms with E-state index in [9.17, 15) is 14.7 Å². The Morgan fingerprint density at radius 3 is 2.65 bits per heavy atom. The molecule has 5 rings (SSSR count). The number of carboxylic acid groups (broad SMARTS) is 1. The van der Waals surface area contributed by atoms with Gasteiger partial charge in [0.2, 0.25) is 5.43 Å². The lowest BCUT2D eigenvalue weighted by Gasteiger charge is -2.27. The molecule has 2 aliphatic rings. The van der Waals surface area contributed by atoms with Crippen LogP contribution < -0.4 is 10.3 Å². The summed E-state index contributed by atoms with van der Waals surface area (Å²) in [5.74, 6) is -1.94. The highest BCUT2D eigenvalue weighted by atomic mass is 35.5. The standard InChI is InChI=1S/C26H25ClFN3O3/c27-22-23-19(25(32)20(26(33)34)15-31(23)18-9-10-18)12-21(28)24(22)30-11-5-4-8-17(14-30)29-13-16-6-2-1-3-7-16/h1-3,6-7,12-13,15,17-18H,4-5,8-11,14H2,(H,33,34). The first-order chi connectivity index (χ1) is 16.4. The van der Waals surface area contributed by atoms with Crippen LogP contribution in [0, 0.1) is 5.82 Å². The number of benzene rings is 2. The molecule has 0 spiro atoms. The lowest BCUT2D eigenvalue weighted by atomic mass is 10.1. The average Bonchev–Trinajstić information content (AvgIpc) is 3.67. The molecule has 1 aliphatic carbocycles. The molecule has 0 radical (unpaired) electrons. The number of nitrogens with zero attached hydrogens (tertiary/aromatic N) is 3. The molecule has 8 heteroatoms. The van der Waals surface area contributed by atoms with Crippen molar-refractivity contribution < 1.29 is 14.3 Å². The van der Waals surface area contributed by atoms with Gasteiger partial charge in [0, 0.05) is 31.5 Å². The fourth-order valence-corrected chi connectivity index (χ4v) is 5.10. The van der Waals surface area contributed by atoms with Crippen molar-refractivity contribution in [2.45, 2.75) is 44.2 Å². The second-order valence-corrected chi connectivity index (χ2v) is 9.40. The summed E-state index contributed by atoms with van der Waals surface area (Å²) in [6, 6.07) is 11.0. The van der Waals surface area contributed by atoms with E-state index in [2.05, 4.69) is 0 Å². The van der Waals surface area contributed by atoms with E-state index in [1.54, 1.807) is 4.57 Å². The summed E-state index contributed by atoms with van der Waals surface area (Å²) in [7, 11) is 0. The van der Waals surface area contributed by atoms with Gasteiger partial charge < -0.3 is 14.6 Å². The van der Waals surface area contributed by atoms with Crippen molar-refractivity contribution in [1.29, 1.82) is 0 Å². The Morgan fingerprint density at radius 1 is 1.18 bits per heavy atom. The maximum Gasteiger partial charge on any atom is 0.341 e. The largest absolute Gasteiger partial charge is 0.477 e. The highest BCUT2D eigenvalue weighted by Gasteiger charge is 2.31. The minimum absolute atomic E-state index is 0.00604. The van der Waals surface area contributed by atoms with Crippen molar-refractivity contribution in [3.8, 4) is 0 Å². The van der Waals surface area contributed by atoms with E-state index < -0.39 is 17.2 Å². The smallest absolute Gasteiger partial charge is 0.341 e. The molecule has 0 amide bonds. The fourth-order valence-electron chi connectivity index (χ4n) is 4.69. The van der Waals surface area contributed by atoms with Crippen molar-refractivity contribution in [3.63, 3.8) is 0 Å². The predicted octanol–water partition coefficient (Wildman–Crippen LogP) is 5.31. The first-order valence-electron chi connectivity index (χ1n) is 11.6. The van der Waals surface area contributed by atoms with Gasteiger partial charge >= 0.3 is 5.97 Å². The van der Waals surface area contributed by atoms with Crippen LogP contribution in [0.25, 0.3) is 10.9 Å². The summed E-state index contributed by atoms with van der Waals surface area (Å²) in [6.45, 7) is 1.13. The van der Waals surface area contributed by atoms with Gasteiger partial charge in [-0.15, -0.1) is 0 Å². The minimum atomic E-state index is -1.33. The van der Waals surface area contributed by atoms with E-state index >= 15 is 4.39 Å². The third-order valence-corrected chi connectivity index (χ3v) is 6.91. The molecule has 3 aromatic rings. The number of rotatable bonds is 5. The Hall–Kier alpha value is -3.19. The average molecular weight is 482 g/mol. The Kier molecular flexibility index (Phi) is 6.13. The number of hydrogen-bond acceptors (Lipinski definition) is 4. The number of hydrogen-bond donors (Lipinski definition) is 1. The van der Waals surface area contributed by atoms with Gasteiger partial charge in [-0.05, 0) is 43.7 Å². The van der Waals surface area contributed by atoms with E-state index in [4.69, 9.17) is 16.6 Å². The third kappa shape index (κ3) is 4.32. The summed E-state index contributed by atoms with van der Waals surface area (Å²) < 4.78 is 17.2. The molecule has 1 aromatic heterocycles. The van der Waals surface area contributed by atoms with Gasteiger partial charge in [0.25, 0.3) is 0 Å². The molecule has 1 N–H and O–H groups in total. The topological polar surface area (TPSA) is 74.9 Å². The lowest BCUT2D eigenvalue weighted by Crippen LogP contribution is -2.31. The van der Waals surface area contributed by atoms with Crippen LogP contribution in [0.3, 0.4) is 0 Å². The summed E-state index contributed by atoms with van der Waals surface area (Å²) in [6.07, 6.45) is 7.66. The maximum atomic E-state index is 15.5. The van der Waals surface area contributed by atoms with Crippen molar-refractivity contribution in [3.05, 3.63) is 74.8 Å². The number of carboxylic acids is 1. The Morgan fingerprint density at radius 2 is 1.94 bits per heavy atom. The molecule has 2 aromatic carbocycles. The number of aromatic carboxylic acids is 1. The summed E-state index contributed by atoms with van der Waals surface area (Å²) in [5.41, 5.74) is 0.591. The molecular weight excluding hydrogens is 457 g/mol. The molecule has 2 fully saturated rings. The van der Waals surface area contributed by atoms with Gasteiger partial charge in [-0.2, -0.15) is 0 Å². The zero-order valence-electron chi connectivity index (χ0n) is 18.6. The molecule has 0 bridgehead atoms. The van der Waals surface area contributed by atoms with Crippen LogP contribution in [0.2, 0.25) is 5.02 Å². The normalized spacial score (nSPS) is 19.0. The van der Waals surface area contributed by atoms with Crippen LogP contribution in [0.5, 0.6) is 0 Å². The van der Waals surface area contributed by atoms with Crippen LogP contribution in [-0.2, 0) is 0 Å². The fraction of sp³-hybridized carbons (Fsp3) is 0.346. The zero-order chi connectivity index (χ0) is 23.8. The van der Waals surface area contributed by atoms with Crippen molar-refractivity contribution in [2.75, 3.05) is 18.0 Å². The lowest BCUT2D eigenvalue weighted by molar-refractivity contribution is 0.0695. The Bertz CT molecular complexity index is 1330. The van der Waals surface area contributed by atoms with Gasteiger partial charge in [-0.1, -0.05) is 41.9 Å². The Balaban J connectivity index is 1.57. The first kappa shape index (κ1) is 22.6. The minimum Gasteiger partial charge on any atom is -0.477 e. The van der Waals surface area contributed by atoms with Crippen LogP contribution in [-0.4, -0.2) is 41.0 Å². The molecule has 2 heterocycles. The zero-order valence-corrected chi connectivity index (χ0v) is 19.3. The molecular formula is C26H25ClFN3O3. The number of carbonyl (C=O) groups is 1. The molecule has 1 unspecified atom stereocenters. The molecule has 1 saturated carbocycles. The second-order valence-electron chi connectivity index (χ2n) is 9.02. The third-order valence-electron chi connectivity index (χ3n) is 6.55. The number of pyridine rings is 1. The van der Waals surface area contributed by atoms with E-state index in [0.29, 0.717) is 18.6 Å². The number of aliphatic imine (C=N–C) groups is 1. The summed E-state index contributed by atoms with van der Waals surface area (Å²) >= 11 is 6.81. The van der Waals surface area contributed by atoms with E-state index in [1.165, 1.54) is 6.20 Å². The predicted molar refractivity (Wildman–Crippen MR) is 132 cm³/mol. The molecule has 34 heavy (non-hydrogen) atoms. The van der Waals surface area contributed by atoms with Gasteiger partial charge in [0.1, 0.15) is 11.4 Å². The monoisotopic (exact) mass is 481 g/mol. The molecule has 176 valence electrons. The van der Waals surface area contributed by atoms with Crippen LogP contribution >= 0.6 is 11.6 Å². The van der Waals surface area contributed by atoms with E-state index in [-0.39, 0.29) is 33.7 Å². The van der Waals surface area contributed by atoms with Gasteiger partial charge in [-0.3, -0.25) is 9.79 Å².